The molecule has 0 spiro atoms. The Kier molecular flexibility index (Phi) is 7.64. The molecule has 2 amide bonds. The van der Waals surface area contributed by atoms with E-state index in [1.165, 1.54) is 25.2 Å². The van der Waals surface area contributed by atoms with Crippen molar-refractivity contribution in [3.8, 4) is 29.3 Å². The van der Waals surface area contributed by atoms with E-state index < -0.39 is 17.6 Å². The van der Waals surface area contributed by atoms with Crippen LogP contribution in [0.1, 0.15) is 16.7 Å². The smallest absolute Gasteiger partial charge is 0.323 e. The van der Waals surface area contributed by atoms with Crippen LogP contribution in [0.4, 0.5) is 5.69 Å². The second-order valence-electron chi connectivity index (χ2n) is 10.2. The van der Waals surface area contributed by atoms with Crippen molar-refractivity contribution in [3.05, 3.63) is 94.5 Å². The molecule has 0 N–H and O–H groups in total. The molecule has 6 rings (SSSR count). The molecule has 44 heavy (non-hydrogen) atoms. The molecule has 1 aromatic heterocycles. The monoisotopic (exact) mass is 616 g/mol. The lowest BCUT2D eigenvalue weighted by molar-refractivity contribution is -0.178. The van der Waals surface area contributed by atoms with Crippen LogP contribution in [0.25, 0.3) is 0 Å². The Balaban J connectivity index is 1.53. The fourth-order valence-corrected chi connectivity index (χ4v) is 5.99. The fourth-order valence-electron chi connectivity index (χ4n) is 5.82. The number of anilines is 1. The number of β-lactam (4-membered cyclic amide) rings is 1. The molecule has 12 heteroatoms. The number of carbonyl (C=O) groups excluding carboxylic acids is 2. The van der Waals surface area contributed by atoms with E-state index in [2.05, 4.69) is 9.97 Å². The third-order valence-electron chi connectivity index (χ3n) is 7.82. The van der Waals surface area contributed by atoms with Crippen LogP contribution in [0.3, 0.4) is 0 Å². The lowest BCUT2D eigenvalue weighted by Gasteiger charge is -2.55. The summed E-state index contributed by atoms with van der Waals surface area (Å²) < 4.78 is 27.8. The predicted molar refractivity (Wildman–Crippen MR) is 161 cm³/mol. The van der Waals surface area contributed by atoms with Gasteiger partial charge in [0.25, 0.3) is 5.91 Å². The average Bonchev–Trinajstić information content (AvgIpc) is 3.14. The number of halogens is 1. The number of amides is 2. The third kappa shape index (κ3) is 4.79. The molecule has 4 aromatic rings. The number of fused-ring (bicyclic) bond motifs is 3. The summed E-state index contributed by atoms with van der Waals surface area (Å²) >= 11 is 6.62. The number of carbonyl (C=O) groups is 2. The van der Waals surface area contributed by atoms with Gasteiger partial charge in [0.05, 0.1) is 46.7 Å². The van der Waals surface area contributed by atoms with Gasteiger partial charge in [-0.3, -0.25) is 9.59 Å². The molecule has 226 valence electrons. The molecule has 3 heterocycles. The molecule has 0 radical (unpaired) electrons. The first-order chi connectivity index (χ1) is 21.3. The summed E-state index contributed by atoms with van der Waals surface area (Å²) in [5.41, 5.74) is 1.41. The zero-order valence-electron chi connectivity index (χ0n) is 24.4. The van der Waals surface area contributed by atoms with Crippen molar-refractivity contribution < 1.29 is 33.3 Å². The van der Waals surface area contributed by atoms with Crippen LogP contribution in [-0.4, -0.2) is 67.8 Å². The van der Waals surface area contributed by atoms with Crippen molar-refractivity contribution in [2.45, 2.75) is 18.2 Å². The quantitative estimate of drug-likeness (QED) is 0.255. The Morgan fingerprint density at radius 3 is 2.11 bits per heavy atom. The first kappa shape index (κ1) is 29.1. The van der Waals surface area contributed by atoms with E-state index in [1.54, 1.807) is 43.4 Å². The molecular weight excluding hydrogens is 588 g/mol. The highest BCUT2D eigenvalue weighted by Gasteiger charge is 2.67. The number of ether oxygens (including phenoxy) is 5. The summed E-state index contributed by atoms with van der Waals surface area (Å²) in [4.78, 5) is 39.8. The highest BCUT2D eigenvalue weighted by molar-refractivity contribution is 6.30. The second-order valence-corrected chi connectivity index (χ2v) is 10.6. The number of methoxy groups -OCH3 is 4. The molecule has 3 aromatic carbocycles. The van der Waals surface area contributed by atoms with Gasteiger partial charge in [-0.2, -0.15) is 9.97 Å². The van der Waals surface area contributed by atoms with E-state index in [0.29, 0.717) is 27.8 Å². The first-order valence-corrected chi connectivity index (χ1v) is 14.0. The SMILES string of the molecule is COc1cc(CN2C(=O)CN3C(=O)[C@@H](Oc4nc(OC)cc(OC)n4)[C@@]3(c3ccccc3)c3cc(Cl)ccc32)cc(OC)c1. The van der Waals surface area contributed by atoms with Crippen LogP contribution < -0.4 is 28.6 Å². The normalized spacial score (nSPS) is 18.9. The maximum atomic E-state index is 14.1. The zero-order valence-corrected chi connectivity index (χ0v) is 25.2. The van der Waals surface area contributed by atoms with E-state index in [-0.39, 0.29) is 36.8 Å². The average molecular weight is 617 g/mol. The van der Waals surface area contributed by atoms with Crippen molar-refractivity contribution in [1.82, 2.24) is 14.9 Å². The maximum absolute atomic E-state index is 14.1. The Hall–Kier alpha value is -5.03. The van der Waals surface area contributed by atoms with Crippen molar-refractivity contribution >= 4 is 29.1 Å². The van der Waals surface area contributed by atoms with Crippen molar-refractivity contribution in [2.75, 3.05) is 39.9 Å². The van der Waals surface area contributed by atoms with E-state index in [9.17, 15) is 9.59 Å². The molecular formula is C32H29ClN4O7. The van der Waals surface area contributed by atoms with Gasteiger partial charge in [0.1, 0.15) is 23.6 Å². The Labute approximate surface area is 258 Å². The minimum atomic E-state index is -1.26. The Morgan fingerprint density at radius 1 is 0.841 bits per heavy atom. The number of aromatic nitrogens is 2. The van der Waals surface area contributed by atoms with Gasteiger partial charge in [0.15, 0.2) is 0 Å². The summed E-state index contributed by atoms with van der Waals surface area (Å²) in [7, 11) is 6.04. The van der Waals surface area contributed by atoms with E-state index in [4.69, 9.17) is 35.3 Å². The second kappa shape index (κ2) is 11.6. The van der Waals surface area contributed by atoms with Gasteiger partial charge in [-0.15, -0.1) is 0 Å². The van der Waals surface area contributed by atoms with Crippen LogP contribution in [0, 0.1) is 0 Å². The van der Waals surface area contributed by atoms with Crippen LogP contribution in [-0.2, 0) is 21.7 Å². The summed E-state index contributed by atoms with van der Waals surface area (Å²) in [6.45, 7) is -0.0427. The predicted octanol–water partition coefficient (Wildman–Crippen LogP) is 4.24. The van der Waals surface area contributed by atoms with Gasteiger partial charge < -0.3 is 33.5 Å². The number of hydrogen-bond acceptors (Lipinski definition) is 9. The molecule has 0 aliphatic carbocycles. The standard InChI is InChI=1S/C32H29ClN4O7/c1-40-22-12-19(13-23(15-22)41-2)17-36-25-11-10-21(33)14-24(25)32(20-8-6-5-7-9-20)29(30(39)37(32)18-28(36)38)44-31-34-26(42-3)16-27(35-31)43-4/h5-16,29H,17-18H2,1-4H3/t29-,32-/m1/s1. The molecule has 0 unspecified atom stereocenters. The van der Waals surface area contributed by atoms with Gasteiger partial charge in [-0.25, -0.2) is 0 Å². The summed E-state index contributed by atoms with van der Waals surface area (Å²) in [6, 6.07) is 21.5. The first-order valence-electron chi connectivity index (χ1n) is 13.7. The molecule has 2 aliphatic heterocycles. The highest BCUT2D eigenvalue weighted by Crippen LogP contribution is 2.53. The molecule has 2 atom stereocenters. The minimum Gasteiger partial charge on any atom is -0.497 e. The molecule has 0 saturated carbocycles. The maximum Gasteiger partial charge on any atom is 0.323 e. The fraction of sp³-hybridized carbons (Fsp3) is 0.250. The molecule has 1 fully saturated rings. The number of hydrogen-bond donors (Lipinski definition) is 0. The van der Waals surface area contributed by atoms with Crippen LogP contribution >= 0.6 is 11.6 Å². The summed E-state index contributed by atoms with van der Waals surface area (Å²) in [6.07, 6.45) is -1.15. The van der Waals surface area contributed by atoms with E-state index in [1.807, 2.05) is 42.5 Å². The number of nitrogens with zero attached hydrogens (tertiary/aromatic N) is 4. The third-order valence-corrected chi connectivity index (χ3v) is 8.05. The topological polar surface area (TPSA) is 113 Å². The summed E-state index contributed by atoms with van der Waals surface area (Å²) in [5, 5.41) is 0.425. The lowest BCUT2D eigenvalue weighted by atomic mass is 9.69. The highest BCUT2D eigenvalue weighted by atomic mass is 35.5. The van der Waals surface area contributed by atoms with Crippen molar-refractivity contribution in [1.29, 1.82) is 0 Å². The molecule has 2 aliphatic rings. The van der Waals surface area contributed by atoms with E-state index in [0.717, 1.165) is 11.1 Å². The minimum absolute atomic E-state index is 0.117. The van der Waals surface area contributed by atoms with Crippen molar-refractivity contribution in [3.63, 3.8) is 0 Å². The zero-order chi connectivity index (χ0) is 31.0. The number of rotatable bonds is 9. The molecule has 1 saturated heterocycles. The van der Waals surface area contributed by atoms with E-state index >= 15 is 0 Å². The van der Waals surface area contributed by atoms with Gasteiger partial charge in [0, 0.05) is 16.7 Å². The van der Waals surface area contributed by atoms with Crippen molar-refractivity contribution in [2.24, 2.45) is 0 Å². The molecule has 11 nitrogen and oxygen atoms in total. The molecule has 0 bridgehead atoms. The van der Waals surface area contributed by atoms with Crippen LogP contribution in [0.5, 0.6) is 29.3 Å². The lowest BCUT2D eigenvalue weighted by Crippen LogP contribution is -2.74. The van der Waals surface area contributed by atoms with Crippen LogP contribution in [0.15, 0.2) is 72.8 Å². The Morgan fingerprint density at radius 2 is 1.50 bits per heavy atom. The number of benzene rings is 3. The van der Waals surface area contributed by atoms with Gasteiger partial charge >= 0.3 is 6.01 Å². The van der Waals surface area contributed by atoms with Crippen LogP contribution in [0.2, 0.25) is 5.02 Å². The largest absolute Gasteiger partial charge is 0.497 e. The Bertz CT molecular complexity index is 1690. The summed E-state index contributed by atoms with van der Waals surface area (Å²) in [5.74, 6) is 0.856. The van der Waals surface area contributed by atoms with Gasteiger partial charge in [-0.1, -0.05) is 41.9 Å². The van der Waals surface area contributed by atoms with Gasteiger partial charge in [0.2, 0.25) is 23.8 Å². The van der Waals surface area contributed by atoms with Gasteiger partial charge in [-0.05, 0) is 41.5 Å².